The van der Waals surface area contributed by atoms with Crippen LogP contribution >= 0.6 is 15.9 Å². The molecule has 3 aliphatic rings. The van der Waals surface area contributed by atoms with E-state index in [1.807, 2.05) is 0 Å². The van der Waals surface area contributed by atoms with E-state index >= 15 is 0 Å². The predicted molar refractivity (Wildman–Crippen MR) is 95.7 cm³/mol. The molecule has 0 spiro atoms. The van der Waals surface area contributed by atoms with Gasteiger partial charge in [-0.1, -0.05) is 56.5 Å². The first-order chi connectivity index (χ1) is 9.88. The van der Waals surface area contributed by atoms with Crippen LogP contribution in [0.3, 0.4) is 0 Å². The molecular weight excluding hydrogens is 320 g/mol. The number of fused-ring (bicyclic) bond motifs is 3. The van der Waals surface area contributed by atoms with Crippen molar-refractivity contribution in [1.29, 1.82) is 0 Å². The Bertz CT molecular complexity index is 374. The summed E-state index contributed by atoms with van der Waals surface area (Å²) < 4.78 is 0. The Balaban J connectivity index is 1.90. The van der Waals surface area contributed by atoms with E-state index in [-0.39, 0.29) is 0 Å². The van der Waals surface area contributed by atoms with Crippen molar-refractivity contribution in [2.24, 2.45) is 40.4 Å². The van der Waals surface area contributed by atoms with E-state index in [9.17, 15) is 0 Å². The van der Waals surface area contributed by atoms with Crippen LogP contribution in [0.2, 0.25) is 0 Å². The lowest BCUT2D eigenvalue weighted by atomic mass is 9.48. The monoisotopic (exact) mass is 354 g/mol. The molecule has 0 aromatic heterocycles. The Hall–Kier alpha value is 0.480. The topological polar surface area (TPSA) is 0 Å². The SMILES string of the molecule is C[C@@H]1CCC[C@@]2(C)CC[C@H]3[C@H](CBr)CC[C@@H](C[C@H]12)C3(C)C. The summed E-state index contributed by atoms with van der Waals surface area (Å²) in [7, 11) is 0. The van der Waals surface area contributed by atoms with Gasteiger partial charge in [-0.25, -0.2) is 0 Å². The average Bonchev–Trinajstić information content (AvgIpc) is 2.42. The maximum atomic E-state index is 3.82. The van der Waals surface area contributed by atoms with Gasteiger partial charge in [-0.05, 0) is 78.9 Å². The summed E-state index contributed by atoms with van der Waals surface area (Å²) in [6.07, 6.45) is 11.9. The number of alkyl halides is 1. The van der Waals surface area contributed by atoms with Crippen molar-refractivity contribution in [3.05, 3.63) is 0 Å². The van der Waals surface area contributed by atoms with Crippen LogP contribution in [0.15, 0.2) is 0 Å². The molecule has 122 valence electrons. The Morgan fingerprint density at radius 2 is 1.71 bits per heavy atom. The smallest absolute Gasteiger partial charge is 0.00625 e. The highest BCUT2D eigenvalue weighted by Gasteiger charge is 2.51. The fraction of sp³-hybridized carbons (Fsp3) is 1.00. The summed E-state index contributed by atoms with van der Waals surface area (Å²) in [5.74, 6) is 4.81. The molecule has 21 heavy (non-hydrogen) atoms. The summed E-state index contributed by atoms with van der Waals surface area (Å²) >= 11 is 3.82. The zero-order valence-electron chi connectivity index (χ0n) is 14.6. The third-order valence-electron chi connectivity index (χ3n) is 8.22. The quantitative estimate of drug-likeness (QED) is 0.460. The molecule has 3 fully saturated rings. The molecule has 0 heterocycles. The maximum Gasteiger partial charge on any atom is 0.00625 e. The van der Waals surface area contributed by atoms with Gasteiger partial charge in [-0.3, -0.25) is 0 Å². The summed E-state index contributed by atoms with van der Waals surface area (Å²) in [6, 6.07) is 0. The van der Waals surface area contributed by atoms with Crippen LogP contribution in [-0.4, -0.2) is 5.33 Å². The first-order valence-electron chi connectivity index (χ1n) is 9.44. The van der Waals surface area contributed by atoms with E-state index < -0.39 is 0 Å². The van der Waals surface area contributed by atoms with Crippen LogP contribution in [0.5, 0.6) is 0 Å². The Kier molecular flexibility index (Phi) is 4.54. The van der Waals surface area contributed by atoms with Gasteiger partial charge in [0.15, 0.2) is 0 Å². The highest BCUT2D eigenvalue weighted by molar-refractivity contribution is 9.09. The van der Waals surface area contributed by atoms with E-state index in [0.717, 1.165) is 29.6 Å². The molecule has 2 bridgehead atoms. The van der Waals surface area contributed by atoms with Gasteiger partial charge in [-0.2, -0.15) is 0 Å². The van der Waals surface area contributed by atoms with E-state index in [1.54, 1.807) is 0 Å². The molecule has 1 heteroatoms. The second kappa shape index (κ2) is 5.84. The molecule has 3 saturated carbocycles. The average molecular weight is 355 g/mol. The van der Waals surface area contributed by atoms with Gasteiger partial charge in [0.1, 0.15) is 0 Å². The van der Waals surface area contributed by atoms with Crippen molar-refractivity contribution < 1.29 is 0 Å². The van der Waals surface area contributed by atoms with Crippen molar-refractivity contribution in [2.45, 2.75) is 79.1 Å². The summed E-state index contributed by atoms with van der Waals surface area (Å²) in [5, 5.41) is 1.23. The van der Waals surface area contributed by atoms with Crippen molar-refractivity contribution in [3.8, 4) is 0 Å². The number of rotatable bonds is 1. The Labute approximate surface area is 141 Å². The molecule has 0 N–H and O–H groups in total. The summed E-state index contributed by atoms with van der Waals surface area (Å²) in [4.78, 5) is 0. The van der Waals surface area contributed by atoms with Crippen LogP contribution in [-0.2, 0) is 0 Å². The van der Waals surface area contributed by atoms with Crippen molar-refractivity contribution in [1.82, 2.24) is 0 Å². The van der Waals surface area contributed by atoms with Gasteiger partial charge < -0.3 is 0 Å². The molecule has 0 aromatic rings. The fourth-order valence-electron chi connectivity index (χ4n) is 6.63. The molecule has 0 saturated heterocycles. The molecule has 0 aliphatic heterocycles. The molecule has 0 amide bonds. The lowest BCUT2D eigenvalue weighted by molar-refractivity contribution is -0.0681. The predicted octanol–water partition coefficient (Wildman–Crippen LogP) is 6.68. The zero-order chi connectivity index (χ0) is 15.3. The molecule has 0 aromatic carbocycles. The van der Waals surface area contributed by atoms with Gasteiger partial charge >= 0.3 is 0 Å². The largest absolute Gasteiger partial charge is 0.0925 e. The minimum absolute atomic E-state index is 0.565. The minimum atomic E-state index is 0.565. The molecule has 3 rings (SSSR count). The zero-order valence-corrected chi connectivity index (χ0v) is 16.2. The number of hydrogen-bond acceptors (Lipinski definition) is 0. The number of halogens is 1. The van der Waals surface area contributed by atoms with Gasteiger partial charge in [0.05, 0.1) is 0 Å². The van der Waals surface area contributed by atoms with Gasteiger partial charge in [0, 0.05) is 5.33 Å². The standard InChI is InChI=1S/C20H35Br/c1-14-6-5-10-20(4)11-9-17-15(13-21)7-8-16(12-18(14)20)19(17,2)3/h14-18H,5-13H2,1-4H3/t14-,15+,16+,17+,18-,20+/m1/s1. The normalized spacial score (nSPS) is 49.9. The highest BCUT2D eigenvalue weighted by atomic mass is 79.9. The molecule has 6 atom stereocenters. The van der Waals surface area contributed by atoms with E-state index in [4.69, 9.17) is 0 Å². The maximum absolute atomic E-state index is 3.82. The third-order valence-corrected chi connectivity index (χ3v) is 9.05. The summed E-state index contributed by atoms with van der Waals surface area (Å²) in [5.41, 5.74) is 1.22. The van der Waals surface area contributed by atoms with E-state index in [1.165, 1.54) is 56.7 Å². The summed E-state index contributed by atoms with van der Waals surface area (Å²) in [6.45, 7) is 10.4. The van der Waals surface area contributed by atoms with Crippen LogP contribution in [0, 0.1) is 40.4 Å². The van der Waals surface area contributed by atoms with Crippen LogP contribution in [0.4, 0.5) is 0 Å². The Morgan fingerprint density at radius 1 is 0.952 bits per heavy atom. The molecule has 0 nitrogen and oxygen atoms in total. The Morgan fingerprint density at radius 3 is 2.43 bits per heavy atom. The fourth-order valence-corrected chi connectivity index (χ4v) is 7.41. The second-order valence-electron chi connectivity index (χ2n) is 9.52. The lowest BCUT2D eigenvalue weighted by Gasteiger charge is -2.57. The molecular formula is C20H35Br. The van der Waals surface area contributed by atoms with Crippen LogP contribution in [0.25, 0.3) is 0 Å². The highest BCUT2D eigenvalue weighted by Crippen LogP contribution is 2.60. The van der Waals surface area contributed by atoms with Crippen LogP contribution < -0.4 is 0 Å². The molecule has 0 radical (unpaired) electrons. The van der Waals surface area contributed by atoms with Crippen molar-refractivity contribution in [2.75, 3.05) is 5.33 Å². The van der Waals surface area contributed by atoms with Crippen LogP contribution in [0.1, 0.15) is 79.1 Å². The minimum Gasteiger partial charge on any atom is -0.0925 e. The first-order valence-corrected chi connectivity index (χ1v) is 10.6. The third kappa shape index (κ3) is 2.74. The van der Waals surface area contributed by atoms with Gasteiger partial charge in [0.25, 0.3) is 0 Å². The lowest BCUT2D eigenvalue weighted by Crippen LogP contribution is -2.48. The second-order valence-corrected chi connectivity index (χ2v) is 10.2. The van der Waals surface area contributed by atoms with E-state index in [0.29, 0.717) is 10.8 Å². The number of hydrogen-bond donors (Lipinski definition) is 0. The van der Waals surface area contributed by atoms with Gasteiger partial charge in [0.2, 0.25) is 0 Å². The first kappa shape index (κ1) is 16.3. The van der Waals surface area contributed by atoms with Crippen molar-refractivity contribution in [3.63, 3.8) is 0 Å². The van der Waals surface area contributed by atoms with E-state index in [2.05, 4.69) is 43.6 Å². The van der Waals surface area contributed by atoms with Gasteiger partial charge in [-0.15, -0.1) is 0 Å². The molecule has 3 aliphatic carbocycles. The molecule has 0 unspecified atom stereocenters. The van der Waals surface area contributed by atoms with Crippen molar-refractivity contribution >= 4 is 15.9 Å².